The molecule has 0 bridgehead atoms. The Morgan fingerprint density at radius 3 is 1.60 bits per heavy atom. The fraction of sp³-hybridized carbons (Fsp3) is 0.353. The van der Waals surface area contributed by atoms with E-state index in [4.69, 9.17) is 0 Å². The summed E-state index contributed by atoms with van der Waals surface area (Å²) < 4.78 is 115. The van der Waals surface area contributed by atoms with E-state index in [0.717, 1.165) is 12.3 Å². The fourth-order valence-electron chi connectivity index (χ4n) is 2.46. The molecule has 0 aliphatic rings. The van der Waals surface area contributed by atoms with Crippen LogP contribution in [0.5, 0.6) is 0 Å². The van der Waals surface area contributed by atoms with Crippen molar-refractivity contribution in [2.75, 3.05) is 0 Å². The van der Waals surface area contributed by atoms with E-state index in [-0.39, 0.29) is 40.8 Å². The van der Waals surface area contributed by atoms with Crippen molar-refractivity contribution in [1.82, 2.24) is 4.98 Å². The van der Waals surface area contributed by atoms with Gasteiger partial charge in [-0.15, -0.1) is 0 Å². The predicted molar refractivity (Wildman–Crippen MR) is 80.2 cm³/mol. The summed E-state index contributed by atoms with van der Waals surface area (Å²) in [6.45, 7) is 0. The molecule has 2 unspecified atom stereocenters. The molecule has 0 saturated carbocycles. The number of nitrogens with zero attached hydrogens (tertiary/aromatic N) is 1. The zero-order valence-electron chi connectivity index (χ0n) is 14.4. The molecule has 13 heteroatoms. The van der Waals surface area contributed by atoms with Gasteiger partial charge in [0.05, 0.1) is 23.3 Å². The second-order valence-electron chi connectivity index (χ2n) is 6.08. The van der Waals surface area contributed by atoms with Crippen LogP contribution in [-0.2, 0) is 35.6 Å². The summed E-state index contributed by atoms with van der Waals surface area (Å²) in [5, 5.41) is 20.0. The molecule has 0 aliphatic heterocycles. The number of pyridine rings is 1. The first-order valence-electron chi connectivity index (χ1n) is 7.77. The van der Waals surface area contributed by atoms with Gasteiger partial charge in [0.15, 0.2) is 0 Å². The summed E-state index contributed by atoms with van der Waals surface area (Å²) in [6, 6.07) is 1.86. The van der Waals surface area contributed by atoms with E-state index in [1.807, 2.05) is 0 Å². The minimum absolute atomic E-state index is 0. The third-order valence-electron chi connectivity index (χ3n) is 3.90. The van der Waals surface area contributed by atoms with Crippen LogP contribution in [0.1, 0.15) is 46.6 Å². The number of benzene rings is 1. The van der Waals surface area contributed by atoms with Crippen molar-refractivity contribution in [1.29, 1.82) is 0 Å². The van der Waals surface area contributed by atoms with Crippen LogP contribution in [0.4, 0.5) is 39.5 Å². The number of hydrogen-bond donors (Lipinski definition) is 2. The van der Waals surface area contributed by atoms with Crippen molar-refractivity contribution in [3.8, 4) is 0 Å². The molecule has 168 valence electrons. The summed E-state index contributed by atoms with van der Waals surface area (Å²) in [5.74, 6) is 0. The first-order chi connectivity index (χ1) is 13.1. The van der Waals surface area contributed by atoms with E-state index in [2.05, 4.69) is 4.98 Å². The maximum absolute atomic E-state index is 12.9. The number of hydrogen-bond acceptors (Lipinski definition) is 3. The van der Waals surface area contributed by atoms with Crippen molar-refractivity contribution in [2.24, 2.45) is 0 Å². The van der Waals surface area contributed by atoms with E-state index in [9.17, 15) is 49.7 Å². The number of aliphatic hydroxyl groups excluding tert-OH is 2. The van der Waals surface area contributed by atoms with Gasteiger partial charge < -0.3 is 10.2 Å². The Balaban J connectivity index is 0.00000450. The summed E-state index contributed by atoms with van der Waals surface area (Å²) in [4.78, 5) is 3.06. The molecule has 2 atom stereocenters. The van der Waals surface area contributed by atoms with Gasteiger partial charge in [-0.2, -0.15) is 39.5 Å². The van der Waals surface area contributed by atoms with E-state index in [0.29, 0.717) is 6.07 Å². The van der Waals surface area contributed by atoms with Crippen LogP contribution in [0.2, 0.25) is 0 Å². The maximum Gasteiger partial charge on any atom is 0.433 e. The molecule has 0 saturated heterocycles. The molecular formula is C17H12F9FeNO2. The van der Waals surface area contributed by atoms with Gasteiger partial charge in [0.25, 0.3) is 0 Å². The van der Waals surface area contributed by atoms with Crippen LogP contribution in [-0.4, -0.2) is 15.2 Å². The van der Waals surface area contributed by atoms with Gasteiger partial charge in [-0.25, -0.2) is 0 Å². The largest absolute Gasteiger partial charge is 0.433 e. The minimum atomic E-state index is -5.14. The zero-order valence-corrected chi connectivity index (χ0v) is 15.5. The van der Waals surface area contributed by atoms with Gasteiger partial charge in [0.2, 0.25) is 0 Å². The Kier molecular flexibility index (Phi) is 7.97. The van der Waals surface area contributed by atoms with E-state index >= 15 is 0 Å². The average molecular weight is 489 g/mol. The van der Waals surface area contributed by atoms with Gasteiger partial charge in [-0.3, -0.25) is 4.98 Å². The second-order valence-corrected chi connectivity index (χ2v) is 6.08. The van der Waals surface area contributed by atoms with Gasteiger partial charge in [0.1, 0.15) is 5.69 Å². The summed E-state index contributed by atoms with van der Waals surface area (Å²) in [7, 11) is 0. The molecule has 0 fully saturated rings. The normalized spacial score (nSPS) is 14.8. The Hall–Kier alpha value is -1.82. The Bertz CT molecular complexity index is 833. The van der Waals surface area contributed by atoms with Crippen molar-refractivity contribution < 1.29 is 66.8 Å². The first kappa shape index (κ1) is 26.2. The van der Waals surface area contributed by atoms with Crippen molar-refractivity contribution in [2.45, 2.75) is 37.2 Å². The van der Waals surface area contributed by atoms with Crippen LogP contribution in [0.25, 0.3) is 0 Å². The predicted octanol–water partition coefficient (Wildman–Crippen LogP) is 5.29. The van der Waals surface area contributed by atoms with Crippen molar-refractivity contribution in [3.05, 3.63) is 64.5 Å². The Morgan fingerprint density at radius 2 is 1.17 bits per heavy atom. The average Bonchev–Trinajstić information content (AvgIpc) is 2.59. The van der Waals surface area contributed by atoms with Crippen LogP contribution >= 0.6 is 0 Å². The molecule has 0 spiro atoms. The monoisotopic (exact) mass is 489 g/mol. The molecule has 2 N–H and O–H groups in total. The molecule has 2 aromatic rings. The van der Waals surface area contributed by atoms with Crippen LogP contribution in [0.3, 0.4) is 0 Å². The summed E-state index contributed by atoms with van der Waals surface area (Å²) >= 11 is 0. The Labute approximate surface area is 174 Å². The third kappa shape index (κ3) is 6.59. The minimum Gasteiger partial charge on any atom is -0.388 e. The molecule has 1 heterocycles. The zero-order chi connectivity index (χ0) is 22.2. The van der Waals surface area contributed by atoms with Gasteiger partial charge in [-0.1, -0.05) is 0 Å². The second kappa shape index (κ2) is 9.13. The van der Waals surface area contributed by atoms with E-state index in [1.54, 1.807) is 0 Å². The van der Waals surface area contributed by atoms with Crippen LogP contribution in [0.15, 0.2) is 36.5 Å². The van der Waals surface area contributed by atoms with E-state index < -0.39 is 59.5 Å². The van der Waals surface area contributed by atoms with Gasteiger partial charge in [-0.05, 0) is 41.5 Å². The molecule has 1 aromatic carbocycles. The number of aromatic nitrogens is 1. The number of halogens is 9. The Morgan fingerprint density at radius 1 is 0.700 bits per heavy atom. The molecule has 3 nitrogen and oxygen atoms in total. The molecule has 2 rings (SSSR count). The number of aliphatic hydroxyl groups is 2. The van der Waals surface area contributed by atoms with Crippen molar-refractivity contribution >= 4 is 0 Å². The fourth-order valence-corrected chi connectivity index (χ4v) is 2.46. The molecule has 30 heavy (non-hydrogen) atoms. The SMILES string of the molecule is OC(CC(O)c1ccnc(C(F)(F)F)c1)c1cc(C(F)(F)F)cc(C(F)(F)F)c1.[Fe]. The molecule has 0 aliphatic carbocycles. The topological polar surface area (TPSA) is 53.4 Å². The van der Waals surface area contributed by atoms with Crippen LogP contribution in [0, 0.1) is 0 Å². The molecular weight excluding hydrogens is 477 g/mol. The molecule has 0 amide bonds. The number of rotatable bonds is 4. The van der Waals surface area contributed by atoms with Gasteiger partial charge in [0, 0.05) is 29.7 Å². The maximum atomic E-state index is 12.9. The smallest absolute Gasteiger partial charge is 0.388 e. The summed E-state index contributed by atoms with van der Waals surface area (Å²) in [6.07, 6.45) is -19.1. The summed E-state index contributed by atoms with van der Waals surface area (Å²) in [5.41, 5.74) is -5.86. The molecule has 1 aromatic heterocycles. The molecule has 0 radical (unpaired) electrons. The van der Waals surface area contributed by atoms with Gasteiger partial charge >= 0.3 is 18.5 Å². The van der Waals surface area contributed by atoms with Crippen molar-refractivity contribution in [3.63, 3.8) is 0 Å². The first-order valence-corrected chi connectivity index (χ1v) is 7.77. The standard InChI is InChI=1S/C17H12F9NO2.Fe/c18-15(19,20)10-3-9(4-11(6-10)16(21,22)23)13(29)7-12(28)8-1-2-27-14(5-8)17(24,25)26;/h1-6,12-13,28-29H,7H2;. The van der Waals surface area contributed by atoms with Crippen LogP contribution < -0.4 is 0 Å². The number of alkyl halides is 9. The van der Waals surface area contributed by atoms with E-state index in [1.165, 1.54) is 0 Å². The quantitative estimate of drug-likeness (QED) is 0.454. The third-order valence-corrected chi connectivity index (χ3v) is 3.90.